The van der Waals surface area contributed by atoms with Gasteiger partial charge in [-0.25, -0.2) is 9.97 Å². The number of rotatable bonds is 7. The molecule has 3 aromatic heterocycles. The number of carbonyl (C=O) groups is 1. The molecule has 0 amide bonds. The highest BCUT2D eigenvalue weighted by molar-refractivity contribution is 5.79. The number of aliphatic carboxylic acids is 1. The van der Waals surface area contributed by atoms with E-state index in [1.165, 1.54) is 25.4 Å². The Labute approximate surface area is 157 Å². The summed E-state index contributed by atoms with van der Waals surface area (Å²) in [5.41, 5.74) is -0.150. The second-order valence-electron chi connectivity index (χ2n) is 5.90. The average Bonchev–Trinajstić information content (AvgIpc) is 3.02. The highest BCUT2D eigenvalue weighted by Gasteiger charge is 2.35. The van der Waals surface area contributed by atoms with Gasteiger partial charge < -0.3 is 15.2 Å². The number of halogens is 3. The molecule has 2 N–H and O–H groups in total. The van der Waals surface area contributed by atoms with E-state index in [2.05, 4.69) is 15.3 Å². The number of alkyl halides is 3. The number of methoxy groups -OCH3 is 1. The molecule has 7 nitrogen and oxygen atoms in total. The average molecular weight is 394 g/mol. The van der Waals surface area contributed by atoms with Gasteiger partial charge in [0.2, 0.25) is 5.88 Å². The summed E-state index contributed by atoms with van der Waals surface area (Å²) in [6, 6.07) is 6.97. The van der Waals surface area contributed by atoms with E-state index in [0.29, 0.717) is 5.56 Å². The maximum atomic E-state index is 13.6. The molecule has 0 unspecified atom stereocenters. The van der Waals surface area contributed by atoms with Crippen molar-refractivity contribution in [1.82, 2.24) is 14.4 Å². The van der Waals surface area contributed by atoms with Gasteiger partial charge in [0.1, 0.15) is 22.9 Å². The van der Waals surface area contributed by atoms with Crippen molar-refractivity contribution < 1.29 is 27.8 Å². The Balaban J connectivity index is 2.17. The van der Waals surface area contributed by atoms with E-state index in [1.807, 2.05) is 0 Å². The summed E-state index contributed by atoms with van der Waals surface area (Å²) in [4.78, 5) is 19.1. The predicted octanol–water partition coefficient (Wildman–Crippen LogP) is 3.70. The van der Waals surface area contributed by atoms with Gasteiger partial charge in [-0.15, -0.1) is 0 Å². The monoisotopic (exact) mass is 394 g/mol. The Morgan fingerprint density at radius 2 is 2.07 bits per heavy atom. The van der Waals surface area contributed by atoms with Crippen LogP contribution in [0.25, 0.3) is 16.9 Å². The maximum Gasteiger partial charge on any atom is 0.431 e. The van der Waals surface area contributed by atoms with E-state index in [4.69, 9.17) is 9.84 Å². The summed E-state index contributed by atoms with van der Waals surface area (Å²) < 4.78 is 46.9. The molecule has 3 heterocycles. The van der Waals surface area contributed by atoms with Crippen LogP contribution < -0.4 is 10.1 Å². The van der Waals surface area contributed by atoms with E-state index in [1.54, 1.807) is 12.1 Å². The van der Waals surface area contributed by atoms with Crippen LogP contribution in [0, 0.1) is 0 Å². The number of anilines is 1. The Hall–Kier alpha value is -3.30. The van der Waals surface area contributed by atoms with Gasteiger partial charge in [0.15, 0.2) is 0 Å². The lowest BCUT2D eigenvalue weighted by Crippen LogP contribution is -2.14. The Kier molecular flexibility index (Phi) is 5.39. The fourth-order valence-corrected chi connectivity index (χ4v) is 2.85. The van der Waals surface area contributed by atoms with Gasteiger partial charge in [-0.2, -0.15) is 13.2 Å². The Morgan fingerprint density at radius 1 is 1.29 bits per heavy atom. The van der Waals surface area contributed by atoms with Crippen molar-refractivity contribution >= 4 is 17.4 Å². The van der Waals surface area contributed by atoms with Gasteiger partial charge in [-0.3, -0.25) is 9.20 Å². The van der Waals surface area contributed by atoms with E-state index < -0.39 is 17.8 Å². The molecular weight excluding hydrogens is 377 g/mol. The molecule has 0 saturated carbocycles. The third-order valence-electron chi connectivity index (χ3n) is 4.01. The first kappa shape index (κ1) is 19.5. The molecule has 148 valence electrons. The third kappa shape index (κ3) is 3.85. The number of ether oxygens (including phenoxy) is 1. The molecule has 0 aliphatic carbocycles. The minimum Gasteiger partial charge on any atom is -0.481 e. The lowest BCUT2D eigenvalue weighted by atomic mass is 10.2. The molecule has 0 atom stereocenters. The molecule has 0 aliphatic rings. The number of aromatic nitrogens is 3. The van der Waals surface area contributed by atoms with Crippen LogP contribution in [0.1, 0.15) is 18.5 Å². The number of nitrogens with one attached hydrogen (secondary N) is 1. The van der Waals surface area contributed by atoms with Crippen LogP contribution in [-0.2, 0) is 11.0 Å². The standard InChI is InChI=1S/C18H17F3N4O3/c1-28-17-11(5-3-10-23-17)15-16(22-9-4-8-14(26)27)25-12(18(19,20)21)6-2-7-13(25)24-15/h2-3,5-7,10,22H,4,8-9H2,1H3,(H,26,27). The zero-order valence-corrected chi connectivity index (χ0v) is 14.8. The highest BCUT2D eigenvalue weighted by atomic mass is 19.4. The van der Waals surface area contributed by atoms with Crippen LogP contribution in [0.4, 0.5) is 19.0 Å². The van der Waals surface area contributed by atoms with Crippen molar-refractivity contribution in [2.75, 3.05) is 19.0 Å². The maximum absolute atomic E-state index is 13.6. The molecule has 3 rings (SSSR count). The lowest BCUT2D eigenvalue weighted by molar-refractivity contribution is -0.142. The number of fused-ring (bicyclic) bond motifs is 1. The van der Waals surface area contributed by atoms with Gasteiger partial charge in [-0.1, -0.05) is 6.07 Å². The van der Waals surface area contributed by atoms with Crippen LogP contribution in [0.3, 0.4) is 0 Å². The number of hydrogen-bond acceptors (Lipinski definition) is 5. The number of carboxylic acids is 1. The molecule has 0 fully saturated rings. The van der Waals surface area contributed by atoms with Crippen LogP contribution in [-0.4, -0.2) is 39.1 Å². The normalized spacial score (nSPS) is 11.6. The van der Waals surface area contributed by atoms with Crippen LogP contribution in [0.15, 0.2) is 36.5 Å². The SMILES string of the molecule is COc1ncccc1-c1nc2cccc(C(F)(F)F)n2c1NCCCC(=O)O. The first-order valence-corrected chi connectivity index (χ1v) is 8.36. The van der Waals surface area contributed by atoms with Gasteiger partial charge in [0.25, 0.3) is 0 Å². The molecule has 0 saturated heterocycles. The number of carboxylic acid groups (broad SMARTS) is 1. The largest absolute Gasteiger partial charge is 0.481 e. The van der Waals surface area contributed by atoms with Crippen molar-refractivity contribution in [1.29, 1.82) is 0 Å². The van der Waals surface area contributed by atoms with Gasteiger partial charge >= 0.3 is 12.1 Å². The van der Waals surface area contributed by atoms with Crippen molar-refractivity contribution in [2.24, 2.45) is 0 Å². The summed E-state index contributed by atoms with van der Waals surface area (Å²) in [6.45, 7) is 0.155. The summed E-state index contributed by atoms with van der Waals surface area (Å²) in [7, 11) is 1.41. The van der Waals surface area contributed by atoms with Gasteiger partial charge in [0.05, 0.1) is 12.7 Å². The summed E-state index contributed by atoms with van der Waals surface area (Å²) in [6.07, 6.45) is -2.98. The lowest BCUT2D eigenvalue weighted by Gasteiger charge is -2.14. The second-order valence-corrected chi connectivity index (χ2v) is 5.90. The van der Waals surface area contributed by atoms with E-state index in [9.17, 15) is 18.0 Å². The highest BCUT2D eigenvalue weighted by Crippen LogP contribution is 2.38. The smallest absolute Gasteiger partial charge is 0.431 e. The number of hydrogen-bond donors (Lipinski definition) is 2. The molecule has 0 aliphatic heterocycles. The number of imidazole rings is 1. The number of pyridine rings is 2. The predicted molar refractivity (Wildman–Crippen MR) is 95.3 cm³/mol. The Bertz CT molecular complexity index is 1000. The quantitative estimate of drug-likeness (QED) is 0.594. The fraction of sp³-hybridized carbons (Fsp3) is 0.278. The summed E-state index contributed by atoms with van der Waals surface area (Å²) in [5.74, 6) is -0.669. The minimum atomic E-state index is -4.60. The Morgan fingerprint density at radius 3 is 2.75 bits per heavy atom. The van der Waals surface area contributed by atoms with Crippen LogP contribution in [0.5, 0.6) is 5.88 Å². The van der Waals surface area contributed by atoms with Gasteiger partial charge in [-0.05, 0) is 30.7 Å². The molecule has 10 heteroatoms. The van der Waals surface area contributed by atoms with E-state index >= 15 is 0 Å². The van der Waals surface area contributed by atoms with E-state index in [-0.39, 0.29) is 42.4 Å². The topological polar surface area (TPSA) is 88.8 Å². The van der Waals surface area contributed by atoms with Crippen LogP contribution >= 0.6 is 0 Å². The molecule has 3 aromatic rings. The summed E-state index contributed by atoms with van der Waals surface area (Å²) >= 11 is 0. The van der Waals surface area contributed by atoms with Crippen molar-refractivity contribution in [3.63, 3.8) is 0 Å². The van der Waals surface area contributed by atoms with Crippen molar-refractivity contribution in [3.05, 3.63) is 42.2 Å². The first-order valence-electron chi connectivity index (χ1n) is 8.36. The minimum absolute atomic E-state index is 0.0939. The van der Waals surface area contributed by atoms with Crippen LogP contribution in [0.2, 0.25) is 0 Å². The zero-order chi connectivity index (χ0) is 20.3. The summed E-state index contributed by atoms with van der Waals surface area (Å²) in [5, 5.41) is 11.7. The fourth-order valence-electron chi connectivity index (χ4n) is 2.85. The molecule has 28 heavy (non-hydrogen) atoms. The van der Waals surface area contributed by atoms with Crippen molar-refractivity contribution in [2.45, 2.75) is 19.0 Å². The van der Waals surface area contributed by atoms with E-state index in [0.717, 1.165) is 10.5 Å². The molecule has 0 bridgehead atoms. The molecule has 0 aromatic carbocycles. The molecule has 0 spiro atoms. The third-order valence-corrected chi connectivity index (χ3v) is 4.01. The first-order chi connectivity index (χ1) is 13.3. The van der Waals surface area contributed by atoms with Gasteiger partial charge in [0, 0.05) is 19.2 Å². The van der Waals surface area contributed by atoms with Crippen molar-refractivity contribution in [3.8, 4) is 17.1 Å². The molecular formula is C18H17F3N4O3. The second kappa shape index (κ2) is 7.75. The molecule has 0 radical (unpaired) electrons. The zero-order valence-electron chi connectivity index (χ0n) is 14.8. The number of nitrogens with zero attached hydrogens (tertiary/aromatic N) is 3.